The molecule has 1 aliphatic carbocycles. The summed E-state index contributed by atoms with van der Waals surface area (Å²) < 4.78 is 0. The summed E-state index contributed by atoms with van der Waals surface area (Å²) in [6, 6.07) is 0.453. The smallest absolute Gasteiger partial charge is 0.243 e. The maximum absolute atomic E-state index is 11.7. The predicted molar refractivity (Wildman–Crippen MR) is 97.6 cm³/mol. The predicted octanol–water partition coefficient (Wildman–Crippen LogP) is 2.54. The van der Waals surface area contributed by atoms with Crippen LogP contribution in [0.2, 0.25) is 0 Å². The van der Waals surface area contributed by atoms with Crippen LogP contribution in [0.25, 0.3) is 0 Å². The minimum atomic E-state index is 0.00748. The zero-order valence-electron chi connectivity index (χ0n) is 15.3. The summed E-state index contributed by atoms with van der Waals surface area (Å²) in [6.45, 7) is 8.99. The first kappa shape index (κ1) is 19.5. The number of rotatable bonds is 7. The number of nitrogens with one attached hydrogen (secondary N) is 2. The van der Waals surface area contributed by atoms with Crippen molar-refractivity contribution in [2.24, 2.45) is 10.9 Å². The van der Waals surface area contributed by atoms with E-state index in [-0.39, 0.29) is 12.5 Å². The third-order valence-electron chi connectivity index (χ3n) is 4.31. The average molecular weight is 322 g/mol. The van der Waals surface area contributed by atoms with Crippen molar-refractivity contribution in [3.05, 3.63) is 12.2 Å². The maximum Gasteiger partial charge on any atom is 0.243 e. The Morgan fingerprint density at radius 2 is 1.91 bits per heavy atom. The Morgan fingerprint density at radius 1 is 1.26 bits per heavy atom. The highest BCUT2D eigenvalue weighted by Gasteiger charge is 2.21. The van der Waals surface area contributed by atoms with Gasteiger partial charge >= 0.3 is 0 Å². The first-order valence-electron chi connectivity index (χ1n) is 8.81. The molecule has 23 heavy (non-hydrogen) atoms. The number of carbonyl (C=O) groups is 1. The van der Waals surface area contributed by atoms with E-state index < -0.39 is 0 Å². The molecular weight excluding hydrogens is 288 g/mol. The zero-order chi connectivity index (χ0) is 17.2. The number of hydrogen-bond acceptors (Lipinski definition) is 2. The first-order valence-corrected chi connectivity index (χ1v) is 8.81. The van der Waals surface area contributed by atoms with Gasteiger partial charge < -0.3 is 15.5 Å². The van der Waals surface area contributed by atoms with E-state index in [4.69, 9.17) is 0 Å². The fourth-order valence-corrected chi connectivity index (χ4v) is 2.87. The number of carbonyl (C=O) groups excluding carboxylic acids is 1. The number of amides is 1. The second kappa shape index (κ2) is 10.3. The standard InChI is InChI=1S/C18H34N4O/c1-6-7-15-8-10-16(11-9-15)21-18(19-12-14(2)3)20-13-17(23)22(4)5/h15-16H,2,6-13H2,1,3-5H3,(H2,19,20,21). The van der Waals surface area contributed by atoms with Crippen molar-refractivity contribution in [1.29, 1.82) is 0 Å². The first-order chi connectivity index (χ1) is 10.9. The fraction of sp³-hybridized carbons (Fsp3) is 0.778. The Balaban J connectivity index is 2.53. The number of guanidine groups is 1. The van der Waals surface area contributed by atoms with Gasteiger partial charge in [-0.1, -0.05) is 31.9 Å². The van der Waals surface area contributed by atoms with Crippen LogP contribution in [0.1, 0.15) is 52.4 Å². The molecule has 1 fully saturated rings. The molecule has 1 rings (SSSR count). The normalized spacial score (nSPS) is 21.7. The Hall–Kier alpha value is -1.52. The van der Waals surface area contributed by atoms with E-state index in [9.17, 15) is 4.79 Å². The monoisotopic (exact) mass is 322 g/mol. The van der Waals surface area contributed by atoms with Crippen LogP contribution >= 0.6 is 0 Å². The van der Waals surface area contributed by atoms with E-state index in [1.807, 2.05) is 6.92 Å². The van der Waals surface area contributed by atoms with Crippen molar-refractivity contribution in [2.45, 2.75) is 58.4 Å². The van der Waals surface area contributed by atoms with Crippen molar-refractivity contribution in [3.8, 4) is 0 Å². The van der Waals surface area contributed by atoms with Crippen LogP contribution in [-0.2, 0) is 4.79 Å². The maximum atomic E-state index is 11.7. The lowest BCUT2D eigenvalue weighted by atomic mass is 9.83. The Morgan fingerprint density at radius 3 is 2.43 bits per heavy atom. The zero-order valence-corrected chi connectivity index (χ0v) is 15.3. The van der Waals surface area contributed by atoms with E-state index in [2.05, 4.69) is 29.1 Å². The summed E-state index contributed by atoms with van der Waals surface area (Å²) in [4.78, 5) is 17.7. The molecule has 1 aliphatic rings. The van der Waals surface area contributed by atoms with Crippen LogP contribution in [0.3, 0.4) is 0 Å². The molecule has 0 aromatic carbocycles. The average Bonchev–Trinajstić information content (AvgIpc) is 2.51. The summed E-state index contributed by atoms with van der Waals surface area (Å²) in [5.41, 5.74) is 1.05. The molecule has 2 N–H and O–H groups in total. The summed E-state index contributed by atoms with van der Waals surface area (Å²) in [5, 5.41) is 6.76. The third-order valence-corrected chi connectivity index (χ3v) is 4.31. The summed E-state index contributed by atoms with van der Waals surface area (Å²) in [7, 11) is 3.50. The van der Waals surface area contributed by atoms with Gasteiger partial charge in [0.2, 0.25) is 5.91 Å². The number of aliphatic imine (C=N–C) groups is 1. The quantitative estimate of drug-likeness (QED) is 0.430. The Labute approximate surface area is 141 Å². The van der Waals surface area contributed by atoms with Crippen LogP contribution in [0, 0.1) is 5.92 Å². The molecule has 5 heteroatoms. The molecule has 0 bridgehead atoms. The van der Waals surface area contributed by atoms with E-state index in [1.165, 1.54) is 38.5 Å². The highest BCUT2D eigenvalue weighted by Crippen LogP contribution is 2.27. The minimum absolute atomic E-state index is 0.00748. The van der Waals surface area contributed by atoms with Crippen molar-refractivity contribution >= 4 is 11.9 Å². The van der Waals surface area contributed by atoms with Gasteiger partial charge in [0.1, 0.15) is 6.54 Å². The van der Waals surface area contributed by atoms with Crippen LogP contribution in [-0.4, -0.2) is 50.0 Å². The molecule has 5 nitrogen and oxygen atoms in total. The van der Waals surface area contributed by atoms with E-state index >= 15 is 0 Å². The second-order valence-electron chi connectivity index (χ2n) is 6.91. The van der Waals surface area contributed by atoms with Gasteiger partial charge in [0.25, 0.3) is 0 Å². The lowest BCUT2D eigenvalue weighted by Crippen LogP contribution is -2.45. The lowest BCUT2D eigenvalue weighted by Gasteiger charge is -2.30. The molecule has 1 amide bonds. The van der Waals surface area contributed by atoms with E-state index in [0.717, 1.165) is 17.5 Å². The Bertz CT molecular complexity index is 409. The third kappa shape index (κ3) is 8.05. The van der Waals surface area contributed by atoms with E-state index in [0.29, 0.717) is 12.6 Å². The summed E-state index contributed by atoms with van der Waals surface area (Å²) in [6.07, 6.45) is 7.56. The van der Waals surface area contributed by atoms with Gasteiger partial charge in [0, 0.05) is 26.7 Å². The molecule has 0 saturated heterocycles. The molecule has 132 valence electrons. The minimum Gasteiger partial charge on any atom is -0.354 e. The van der Waals surface area contributed by atoms with Crippen LogP contribution in [0.5, 0.6) is 0 Å². The molecule has 0 spiro atoms. The van der Waals surface area contributed by atoms with Gasteiger partial charge in [-0.3, -0.25) is 4.79 Å². The van der Waals surface area contributed by atoms with Crippen molar-refractivity contribution in [2.75, 3.05) is 27.2 Å². The molecule has 0 atom stereocenters. The number of nitrogens with zero attached hydrogens (tertiary/aromatic N) is 2. The van der Waals surface area contributed by atoms with Crippen molar-refractivity contribution in [3.63, 3.8) is 0 Å². The summed E-state index contributed by atoms with van der Waals surface area (Å²) in [5.74, 6) is 1.62. The van der Waals surface area contributed by atoms with Crippen molar-refractivity contribution in [1.82, 2.24) is 15.5 Å². The number of likely N-dealkylation sites (N-methyl/N-ethyl adjacent to an activating group) is 1. The van der Waals surface area contributed by atoms with Crippen LogP contribution < -0.4 is 10.6 Å². The largest absolute Gasteiger partial charge is 0.354 e. The second-order valence-corrected chi connectivity index (χ2v) is 6.91. The van der Waals surface area contributed by atoms with Gasteiger partial charge in [-0.05, 0) is 38.5 Å². The highest BCUT2D eigenvalue weighted by atomic mass is 16.2. The molecule has 0 aliphatic heterocycles. The van der Waals surface area contributed by atoms with Gasteiger partial charge in [-0.25, -0.2) is 4.99 Å². The van der Waals surface area contributed by atoms with Gasteiger partial charge in [0.05, 0.1) is 0 Å². The molecule has 0 heterocycles. The molecule has 0 aromatic rings. The van der Waals surface area contributed by atoms with Gasteiger partial charge in [-0.15, -0.1) is 0 Å². The topological polar surface area (TPSA) is 56.7 Å². The SMILES string of the molecule is C=C(C)CNC(=NCC(=O)N(C)C)NC1CCC(CCC)CC1. The van der Waals surface area contributed by atoms with Crippen molar-refractivity contribution < 1.29 is 4.79 Å². The molecular formula is C18H34N4O. The van der Waals surface area contributed by atoms with Crippen LogP contribution in [0.4, 0.5) is 0 Å². The fourth-order valence-electron chi connectivity index (χ4n) is 2.87. The highest BCUT2D eigenvalue weighted by molar-refractivity contribution is 5.85. The Kier molecular flexibility index (Phi) is 8.74. The number of hydrogen-bond donors (Lipinski definition) is 2. The molecule has 0 radical (unpaired) electrons. The molecule has 1 saturated carbocycles. The van der Waals surface area contributed by atoms with Crippen LogP contribution in [0.15, 0.2) is 17.1 Å². The summed E-state index contributed by atoms with van der Waals surface area (Å²) >= 11 is 0. The van der Waals surface area contributed by atoms with Gasteiger partial charge in [-0.2, -0.15) is 0 Å². The lowest BCUT2D eigenvalue weighted by molar-refractivity contribution is -0.127. The molecule has 0 aromatic heterocycles. The van der Waals surface area contributed by atoms with E-state index in [1.54, 1.807) is 19.0 Å². The molecule has 0 unspecified atom stereocenters. The van der Waals surface area contributed by atoms with Gasteiger partial charge in [0.15, 0.2) is 5.96 Å².